The number of fused-ring (bicyclic) bond motifs is 7. The first-order valence-corrected chi connectivity index (χ1v) is 27.9. The number of esters is 1. The zero-order chi connectivity index (χ0) is 51.8. The number of oxime groups is 1. The van der Waals surface area contributed by atoms with E-state index >= 15 is 0 Å². The van der Waals surface area contributed by atoms with E-state index < -0.39 is 30.0 Å². The van der Waals surface area contributed by atoms with Crippen molar-refractivity contribution in [2.45, 2.75) is 170 Å². The summed E-state index contributed by atoms with van der Waals surface area (Å²) in [5, 5.41) is 4.98. The smallest absolute Gasteiger partial charge is 0.312 e. The van der Waals surface area contributed by atoms with Crippen LogP contribution in [-0.2, 0) is 64.5 Å². The van der Waals surface area contributed by atoms with Crippen LogP contribution in [0.3, 0.4) is 0 Å². The fourth-order valence-electron chi connectivity index (χ4n) is 15.8. The van der Waals surface area contributed by atoms with E-state index in [4.69, 9.17) is 38.4 Å². The molecule has 10 rings (SSSR count). The Bertz CT molecular complexity index is 2580. The van der Waals surface area contributed by atoms with Crippen LogP contribution in [0.1, 0.15) is 135 Å². The molecule has 74 heavy (non-hydrogen) atoms. The lowest BCUT2D eigenvalue weighted by molar-refractivity contribution is -0.270. The molecule has 12 atom stereocenters. The highest BCUT2D eigenvalue weighted by molar-refractivity contribution is 5.92. The molecule has 0 bridgehead atoms. The highest BCUT2D eigenvalue weighted by atomic mass is 16.7. The fraction of sp³-hybridized carbons (Fsp3) is 0.569. The number of hydrogen-bond donors (Lipinski definition) is 0. The zero-order valence-electron chi connectivity index (χ0n) is 45.6. The molecule has 9 nitrogen and oxygen atoms in total. The maximum absolute atomic E-state index is 13.9. The summed E-state index contributed by atoms with van der Waals surface area (Å²) in [6.07, 6.45) is 9.88. The lowest BCUT2D eigenvalue weighted by Gasteiger charge is -2.71. The number of carbonyl (C=O) groups is 1. The molecule has 4 saturated carbocycles. The Hall–Kier alpha value is -4.64. The average molecular weight is 1010 g/mol. The van der Waals surface area contributed by atoms with E-state index in [1.807, 2.05) is 84.9 Å². The van der Waals surface area contributed by atoms with E-state index in [0.29, 0.717) is 37.4 Å². The van der Waals surface area contributed by atoms with Gasteiger partial charge in [-0.05, 0) is 131 Å². The molecular formula is C65H83NO8. The van der Waals surface area contributed by atoms with Crippen LogP contribution < -0.4 is 0 Å². The Kier molecular flexibility index (Phi) is 15.3. The predicted octanol–water partition coefficient (Wildman–Crippen LogP) is 14.0. The first-order valence-electron chi connectivity index (χ1n) is 27.9. The third kappa shape index (κ3) is 9.98. The van der Waals surface area contributed by atoms with E-state index in [0.717, 1.165) is 86.5 Å². The van der Waals surface area contributed by atoms with Crippen molar-refractivity contribution in [2.24, 2.45) is 55.4 Å². The Morgan fingerprint density at radius 2 is 1.23 bits per heavy atom. The molecule has 0 aromatic heterocycles. The maximum Gasteiger partial charge on any atom is 0.312 e. The molecule has 5 fully saturated rings. The summed E-state index contributed by atoms with van der Waals surface area (Å²) >= 11 is 0. The van der Waals surface area contributed by atoms with Gasteiger partial charge in [0.25, 0.3) is 0 Å². The van der Waals surface area contributed by atoms with Gasteiger partial charge in [-0.25, -0.2) is 0 Å². The van der Waals surface area contributed by atoms with Crippen molar-refractivity contribution < 1.29 is 38.1 Å². The number of hydrogen-bond acceptors (Lipinski definition) is 9. The van der Waals surface area contributed by atoms with Crippen molar-refractivity contribution >= 4 is 11.7 Å². The number of allylic oxidation sites excluding steroid dienone is 2. The topological polar surface area (TPSA) is 94.0 Å². The molecule has 0 unspecified atom stereocenters. The second-order valence-electron chi connectivity index (χ2n) is 25.1. The van der Waals surface area contributed by atoms with Crippen LogP contribution in [0.2, 0.25) is 0 Å². The average Bonchev–Trinajstić information content (AvgIpc) is 3.42. The molecule has 1 aliphatic heterocycles. The number of rotatable bonds is 16. The lowest BCUT2D eigenvalue weighted by atomic mass is 9.33. The van der Waals surface area contributed by atoms with E-state index in [2.05, 4.69) is 90.9 Å². The first kappa shape index (κ1) is 52.8. The molecule has 396 valence electrons. The van der Waals surface area contributed by atoms with Gasteiger partial charge in [-0.15, -0.1) is 0 Å². The van der Waals surface area contributed by atoms with E-state index in [-0.39, 0.29) is 58.3 Å². The molecule has 9 heteroatoms. The summed E-state index contributed by atoms with van der Waals surface area (Å²) in [6.45, 7) is 19.2. The maximum atomic E-state index is 13.9. The first-order chi connectivity index (χ1) is 35.6. The minimum Gasteiger partial charge on any atom is -0.469 e. The van der Waals surface area contributed by atoms with Crippen LogP contribution in [0.25, 0.3) is 0 Å². The molecule has 0 radical (unpaired) electrons. The van der Waals surface area contributed by atoms with Crippen LogP contribution in [0.5, 0.6) is 0 Å². The van der Waals surface area contributed by atoms with Gasteiger partial charge in [0.15, 0.2) is 0 Å². The van der Waals surface area contributed by atoms with Gasteiger partial charge in [-0.2, -0.15) is 0 Å². The van der Waals surface area contributed by atoms with Crippen molar-refractivity contribution in [3.05, 3.63) is 155 Å². The minimum absolute atomic E-state index is 0.00350. The summed E-state index contributed by atoms with van der Waals surface area (Å²) in [5.74, 6) is 1.12. The number of nitrogens with zero attached hydrogens (tertiary/aromatic N) is 1. The quantitative estimate of drug-likeness (QED) is 0.0474. The van der Waals surface area contributed by atoms with Crippen LogP contribution in [0.15, 0.2) is 138 Å². The lowest BCUT2D eigenvalue weighted by Crippen LogP contribution is -2.66. The van der Waals surface area contributed by atoms with Gasteiger partial charge in [0.05, 0.1) is 45.1 Å². The number of methoxy groups -OCH3 is 1. The Morgan fingerprint density at radius 3 is 1.85 bits per heavy atom. The third-order valence-electron chi connectivity index (χ3n) is 20.1. The van der Waals surface area contributed by atoms with Crippen LogP contribution in [0, 0.1) is 50.2 Å². The van der Waals surface area contributed by atoms with Gasteiger partial charge in [0, 0.05) is 0 Å². The summed E-state index contributed by atoms with van der Waals surface area (Å²) in [5.41, 5.74) is 5.96. The monoisotopic (exact) mass is 1010 g/mol. The second-order valence-corrected chi connectivity index (χ2v) is 25.1. The molecular weight excluding hydrogens is 923 g/mol. The van der Waals surface area contributed by atoms with Gasteiger partial charge in [0.1, 0.15) is 30.6 Å². The molecule has 0 N–H and O–H groups in total. The van der Waals surface area contributed by atoms with Crippen molar-refractivity contribution in [2.75, 3.05) is 13.7 Å². The number of ether oxygens (including phenoxy) is 6. The Labute approximate surface area is 442 Å². The third-order valence-corrected chi connectivity index (χ3v) is 20.1. The normalized spacial score (nSPS) is 35.5. The predicted molar refractivity (Wildman–Crippen MR) is 289 cm³/mol. The van der Waals surface area contributed by atoms with Crippen LogP contribution >= 0.6 is 0 Å². The Balaban J connectivity index is 0.968. The molecule has 4 aromatic carbocycles. The van der Waals surface area contributed by atoms with Gasteiger partial charge in [-0.1, -0.05) is 187 Å². The van der Waals surface area contributed by atoms with Gasteiger partial charge >= 0.3 is 5.97 Å². The number of benzene rings is 4. The minimum atomic E-state index is -0.896. The van der Waals surface area contributed by atoms with Crippen LogP contribution in [-0.4, -0.2) is 56.1 Å². The highest BCUT2D eigenvalue weighted by Crippen LogP contribution is 2.76. The summed E-state index contributed by atoms with van der Waals surface area (Å²) in [7, 11) is 1.60. The molecule has 6 aliphatic rings. The van der Waals surface area contributed by atoms with Gasteiger partial charge < -0.3 is 33.3 Å². The van der Waals surface area contributed by atoms with Crippen molar-refractivity contribution in [3.8, 4) is 0 Å². The highest BCUT2D eigenvalue weighted by Gasteiger charge is 2.70. The summed E-state index contributed by atoms with van der Waals surface area (Å²) in [6, 6.07) is 40.8. The standard InChI is InChI=1S/C65H83NO8/c1-60(2)35-37-65(59(67)68-8)38-36-63(6)49(50(65)39-60)29-30-53-62(5)33-32-54(61(3,4)52(62)31-34-64(53,63)7)74-58-55(66-72-43-48-27-19-12-20-28-48)57(71-42-47-25-17-11-18-26-47)56(70-41-46-23-15-10-16-24-46)51(73-58)44-69-40-45-21-13-9-14-22-45/h9-29,50-54,56-58H,30-44H2,1-8H3/b66-55+/t50-,51+,52-,53+,54-,56+,57+,58-,62-,63+,64+,65-/m0/s1. The van der Waals surface area contributed by atoms with Gasteiger partial charge in [-0.3, -0.25) is 4.79 Å². The zero-order valence-corrected chi connectivity index (χ0v) is 45.6. The molecule has 5 aliphatic carbocycles. The molecule has 0 amide bonds. The van der Waals surface area contributed by atoms with E-state index in [1.165, 1.54) is 0 Å². The van der Waals surface area contributed by atoms with Gasteiger partial charge in [0.2, 0.25) is 6.29 Å². The van der Waals surface area contributed by atoms with Crippen molar-refractivity contribution in [1.82, 2.24) is 0 Å². The molecule has 1 heterocycles. The van der Waals surface area contributed by atoms with Crippen molar-refractivity contribution in [1.29, 1.82) is 0 Å². The van der Waals surface area contributed by atoms with E-state index in [9.17, 15) is 4.79 Å². The molecule has 4 aromatic rings. The van der Waals surface area contributed by atoms with E-state index in [1.54, 1.807) is 12.7 Å². The SMILES string of the molecule is COC(=O)[C@]12CCC(C)(C)C[C@H]1C1=CC[C@@H]3[C@@]4(C)CC[C@H](O[C@@H]5O[C@H](COCc6ccccc6)[C@@H](OCc6ccccc6)[C@H](OCc6ccccc6)/C5=N\OCc5ccccc5)C(C)(C)[C@@H]4CC[C@@]3(C)[C@]1(C)CC2. The summed E-state index contributed by atoms with van der Waals surface area (Å²) in [4.78, 5) is 20.2. The van der Waals surface area contributed by atoms with Crippen molar-refractivity contribution in [3.63, 3.8) is 0 Å². The largest absolute Gasteiger partial charge is 0.469 e. The number of carbonyl (C=O) groups excluding carboxylic acids is 1. The fourth-order valence-corrected chi connectivity index (χ4v) is 15.8. The second kappa shape index (κ2) is 21.4. The Morgan fingerprint density at radius 1 is 0.649 bits per heavy atom. The van der Waals surface area contributed by atoms with Crippen LogP contribution in [0.4, 0.5) is 0 Å². The molecule has 0 spiro atoms. The summed E-state index contributed by atoms with van der Waals surface area (Å²) < 4.78 is 41.0. The molecule has 1 saturated heterocycles.